The van der Waals surface area contributed by atoms with Crippen LogP contribution in [-0.4, -0.2) is 28.9 Å². The molecule has 1 amide bonds. The third kappa shape index (κ3) is 2.86. The zero-order chi connectivity index (χ0) is 13.9. The number of hydrogen-bond acceptors (Lipinski definition) is 5. The molecule has 0 saturated carbocycles. The molecule has 2 aromatic heterocycles. The highest BCUT2D eigenvalue weighted by atomic mass is 32.1. The molecular formula is C14H17N3OS2. The van der Waals surface area contributed by atoms with Crippen molar-refractivity contribution in [1.82, 2.24) is 9.88 Å². The lowest BCUT2D eigenvalue weighted by Gasteiger charge is -2.26. The van der Waals surface area contributed by atoms with E-state index in [-0.39, 0.29) is 5.91 Å². The topological polar surface area (TPSA) is 59.2 Å². The van der Waals surface area contributed by atoms with E-state index in [1.807, 2.05) is 22.4 Å². The van der Waals surface area contributed by atoms with E-state index in [2.05, 4.69) is 4.98 Å². The van der Waals surface area contributed by atoms with Crippen LogP contribution in [0, 0.1) is 0 Å². The number of hydrogen-bond donors (Lipinski definition) is 1. The van der Waals surface area contributed by atoms with Crippen molar-refractivity contribution < 1.29 is 4.79 Å². The van der Waals surface area contributed by atoms with Gasteiger partial charge in [-0.1, -0.05) is 6.07 Å². The van der Waals surface area contributed by atoms with Gasteiger partial charge >= 0.3 is 0 Å². The molecule has 2 aromatic rings. The van der Waals surface area contributed by atoms with Crippen LogP contribution in [-0.2, 0) is 11.2 Å². The molecule has 0 unspecified atom stereocenters. The summed E-state index contributed by atoms with van der Waals surface area (Å²) in [5, 5.41) is 2.55. The number of nitrogen functional groups attached to an aromatic ring is 1. The zero-order valence-electron chi connectivity index (χ0n) is 11.2. The molecule has 1 aliphatic rings. The van der Waals surface area contributed by atoms with Gasteiger partial charge < -0.3 is 10.6 Å². The summed E-state index contributed by atoms with van der Waals surface area (Å²) in [6, 6.07) is 4.01. The maximum atomic E-state index is 12.4. The summed E-state index contributed by atoms with van der Waals surface area (Å²) in [5.74, 6) is 0.200. The first-order valence-corrected chi connectivity index (χ1v) is 8.50. The smallest absolute Gasteiger partial charge is 0.227 e. The molecule has 1 fully saturated rings. The quantitative estimate of drug-likeness (QED) is 0.948. The van der Waals surface area contributed by atoms with Crippen molar-refractivity contribution in [3.05, 3.63) is 22.4 Å². The largest absolute Gasteiger partial charge is 0.375 e. The van der Waals surface area contributed by atoms with Gasteiger partial charge in [0.25, 0.3) is 0 Å². The minimum Gasteiger partial charge on any atom is -0.375 e. The van der Waals surface area contributed by atoms with Crippen LogP contribution in [0.2, 0.25) is 0 Å². The molecule has 0 spiro atoms. The molecular weight excluding hydrogens is 290 g/mol. The molecule has 0 aromatic carbocycles. The van der Waals surface area contributed by atoms with E-state index in [4.69, 9.17) is 5.73 Å². The van der Waals surface area contributed by atoms with E-state index in [0.717, 1.165) is 41.4 Å². The molecule has 3 rings (SSSR count). The standard InChI is InChI=1S/C14H17N3OS2/c15-14-16-13(10-5-4-8-19-10)11(20-14)9-12(18)17-6-2-1-3-7-17/h4-5,8H,1-3,6-7,9H2,(H2,15,16). The van der Waals surface area contributed by atoms with Gasteiger partial charge in [0.1, 0.15) is 0 Å². The van der Waals surface area contributed by atoms with Crippen LogP contribution in [0.15, 0.2) is 17.5 Å². The summed E-state index contributed by atoms with van der Waals surface area (Å²) in [6.45, 7) is 1.78. The lowest BCUT2D eigenvalue weighted by Crippen LogP contribution is -2.36. The minimum atomic E-state index is 0.200. The summed E-state index contributed by atoms with van der Waals surface area (Å²) in [5.41, 5.74) is 6.71. The van der Waals surface area contributed by atoms with Gasteiger partial charge in [-0.05, 0) is 30.7 Å². The number of carbonyl (C=O) groups is 1. The van der Waals surface area contributed by atoms with Crippen molar-refractivity contribution >= 4 is 33.7 Å². The molecule has 2 N–H and O–H groups in total. The van der Waals surface area contributed by atoms with Gasteiger partial charge in [0.2, 0.25) is 5.91 Å². The summed E-state index contributed by atoms with van der Waals surface area (Å²) < 4.78 is 0. The average molecular weight is 307 g/mol. The van der Waals surface area contributed by atoms with Crippen molar-refractivity contribution in [3.63, 3.8) is 0 Å². The lowest BCUT2D eigenvalue weighted by molar-refractivity contribution is -0.131. The first-order valence-electron chi connectivity index (χ1n) is 6.81. The third-order valence-electron chi connectivity index (χ3n) is 3.49. The fourth-order valence-electron chi connectivity index (χ4n) is 2.49. The predicted octanol–water partition coefficient (Wildman–Crippen LogP) is 3.01. The molecule has 20 heavy (non-hydrogen) atoms. The van der Waals surface area contributed by atoms with Gasteiger partial charge in [-0.15, -0.1) is 22.7 Å². The number of thiazole rings is 1. The maximum Gasteiger partial charge on any atom is 0.227 e. The maximum absolute atomic E-state index is 12.4. The Bertz CT molecular complexity index is 586. The summed E-state index contributed by atoms with van der Waals surface area (Å²) >= 11 is 3.06. The minimum absolute atomic E-state index is 0.200. The van der Waals surface area contributed by atoms with E-state index < -0.39 is 0 Å². The number of anilines is 1. The number of nitrogens with two attached hydrogens (primary N) is 1. The highest BCUT2D eigenvalue weighted by Gasteiger charge is 2.21. The molecule has 3 heterocycles. The second-order valence-electron chi connectivity index (χ2n) is 4.92. The van der Waals surface area contributed by atoms with E-state index in [1.54, 1.807) is 11.3 Å². The lowest BCUT2D eigenvalue weighted by atomic mass is 10.1. The fourth-order valence-corrected chi connectivity index (χ4v) is 4.13. The Hall–Kier alpha value is -1.40. The molecule has 4 nitrogen and oxygen atoms in total. The van der Waals surface area contributed by atoms with E-state index >= 15 is 0 Å². The van der Waals surface area contributed by atoms with Crippen molar-refractivity contribution in [2.24, 2.45) is 0 Å². The van der Waals surface area contributed by atoms with Crippen LogP contribution in [0.4, 0.5) is 5.13 Å². The van der Waals surface area contributed by atoms with Crippen LogP contribution in [0.25, 0.3) is 10.6 Å². The average Bonchev–Trinajstić information content (AvgIpc) is 3.09. The summed E-state index contributed by atoms with van der Waals surface area (Å²) in [7, 11) is 0. The van der Waals surface area contributed by atoms with E-state index in [9.17, 15) is 4.79 Å². The first kappa shape index (κ1) is 13.6. The van der Waals surface area contributed by atoms with Gasteiger partial charge in [-0.3, -0.25) is 4.79 Å². The van der Waals surface area contributed by atoms with Gasteiger partial charge in [-0.2, -0.15) is 0 Å². The molecule has 106 valence electrons. The Balaban J connectivity index is 1.78. The van der Waals surface area contributed by atoms with Crippen LogP contribution in [0.1, 0.15) is 24.1 Å². The van der Waals surface area contributed by atoms with Crippen LogP contribution in [0.5, 0.6) is 0 Å². The number of amides is 1. The number of nitrogens with zero attached hydrogens (tertiary/aromatic N) is 2. The number of aromatic nitrogens is 1. The second kappa shape index (κ2) is 5.93. The third-order valence-corrected chi connectivity index (χ3v) is 5.25. The van der Waals surface area contributed by atoms with Crippen molar-refractivity contribution in [2.75, 3.05) is 18.8 Å². The number of rotatable bonds is 3. The highest BCUT2D eigenvalue weighted by Crippen LogP contribution is 2.33. The Kier molecular flexibility index (Phi) is 4.03. The molecule has 1 saturated heterocycles. The SMILES string of the molecule is Nc1nc(-c2cccs2)c(CC(=O)N2CCCCC2)s1. The Labute approximate surface area is 126 Å². The summed E-state index contributed by atoms with van der Waals surface area (Å²) in [6.07, 6.45) is 3.89. The van der Waals surface area contributed by atoms with Crippen molar-refractivity contribution in [3.8, 4) is 10.6 Å². The normalized spacial score (nSPS) is 15.5. The van der Waals surface area contributed by atoms with Crippen LogP contribution >= 0.6 is 22.7 Å². The molecule has 0 radical (unpaired) electrons. The Morgan fingerprint density at radius 1 is 1.35 bits per heavy atom. The number of piperidine rings is 1. The molecule has 6 heteroatoms. The molecule has 0 bridgehead atoms. The Morgan fingerprint density at radius 2 is 2.15 bits per heavy atom. The fraction of sp³-hybridized carbons (Fsp3) is 0.429. The van der Waals surface area contributed by atoms with Crippen molar-refractivity contribution in [2.45, 2.75) is 25.7 Å². The zero-order valence-corrected chi connectivity index (χ0v) is 12.8. The number of thiophene rings is 1. The monoisotopic (exact) mass is 307 g/mol. The van der Waals surface area contributed by atoms with Gasteiger partial charge in [-0.25, -0.2) is 4.98 Å². The number of likely N-dealkylation sites (tertiary alicyclic amines) is 1. The van der Waals surface area contributed by atoms with Gasteiger partial charge in [0.15, 0.2) is 5.13 Å². The predicted molar refractivity (Wildman–Crippen MR) is 84.0 cm³/mol. The second-order valence-corrected chi connectivity index (χ2v) is 6.98. The van der Waals surface area contributed by atoms with E-state index in [0.29, 0.717) is 11.6 Å². The van der Waals surface area contributed by atoms with Crippen molar-refractivity contribution in [1.29, 1.82) is 0 Å². The number of carbonyl (C=O) groups excluding carboxylic acids is 1. The van der Waals surface area contributed by atoms with E-state index in [1.165, 1.54) is 17.8 Å². The Morgan fingerprint density at radius 3 is 2.85 bits per heavy atom. The van der Waals surface area contributed by atoms with Crippen LogP contribution in [0.3, 0.4) is 0 Å². The van der Waals surface area contributed by atoms with Gasteiger partial charge in [0, 0.05) is 18.0 Å². The van der Waals surface area contributed by atoms with Crippen LogP contribution < -0.4 is 5.73 Å². The van der Waals surface area contributed by atoms with Gasteiger partial charge in [0.05, 0.1) is 17.0 Å². The molecule has 1 aliphatic heterocycles. The first-order chi connectivity index (χ1) is 9.74. The summed E-state index contributed by atoms with van der Waals surface area (Å²) in [4.78, 5) is 20.8. The molecule has 0 atom stereocenters. The highest BCUT2D eigenvalue weighted by molar-refractivity contribution is 7.17. The molecule has 0 aliphatic carbocycles.